The van der Waals surface area contributed by atoms with Crippen LogP contribution in [0.5, 0.6) is 0 Å². The normalized spacial score (nSPS) is 17.7. The van der Waals surface area contributed by atoms with Crippen LogP contribution in [0.25, 0.3) is 20.4 Å². The van der Waals surface area contributed by atoms with E-state index in [9.17, 15) is 13.5 Å². The van der Waals surface area contributed by atoms with Gasteiger partial charge in [0.15, 0.2) is 10.3 Å². The Morgan fingerprint density at radius 1 is 0.842 bits per heavy atom. The molecule has 0 amide bonds. The van der Waals surface area contributed by atoms with Gasteiger partial charge in [-0.1, -0.05) is 45.9 Å². The molecule has 0 radical (unpaired) electrons. The number of nitrogens with zero attached hydrogens (tertiary/aromatic N) is 4. The largest absolute Gasteiger partial charge is 0.393 e. The molecule has 2 aromatic carbocycles. The van der Waals surface area contributed by atoms with E-state index < -0.39 is 10.1 Å². The van der Waals surface area contributed by atoms with Crippen molar-refractivity contribution in [2.24, 2.45) is 0 Å². The third-order valence-electron chi connectivity index (χ3n) is 6.44. The molecule has 0 atom stereocenters. The molecule has 38 heavy (non-hydrogen) atoms. The molecule has 0 aliphatic carbocycles. The zero-order chi connectivity index (χ0) is 26.9. The fraction of sp³-hybridized carbons (Fsp3) is 0.440. The van der Waals surface area contributed by atoms with Gasteiger partial charge in [-0.25, -0.2) is 9.97 Å². The highest BCUT2D eigenvalue weighted by molar-refractivity contribution is 7.86. The van der Waals surface area contributed by atoms with Crippen molar-refractivity contribution >= 4 is 86.7 Å². The van der Waals surface area contributed by atoms with Gasteiger partial charge in [-0.2, -0.15) is 8.42 Å². The summed E-state index contributed by atoms with van der Waals surface area (Å²) in [4.78, 5) is 13.6. The molecule has 0 spiro atoms. The number of aliphatic hydroxyl groups excluding tert-OH is 1. The lowest BCUT2D eigenvalue weighted by Crippen LogP contribution is -2.37. The van der Waals surface area contributed by atoms with Gasteiger partial charge >= 0.3 is 0 Å². The van der Waals surface area contributed by atoms with Crippen molar-refractivity contribution in [2.45, 2.75) is 37.9 Å². The molecule has 2 aromatic heterocycles. The van der Waals surface area contributed by atoms with Gasteiger partial charge in [-0.15, -0.1) is 0 Å². The quantitative estimate of drug-likeness (QED) is 0.288. The topological polar surface area (TPSA) is 95.9 Å². The van der Waals surface area contributed by atoms with Crippen LogP contribution >= 0.6 is 45.9 Å². The van der Waals surface area contributed by atoms with E-state index in [1.165, 1.54) is 0 Å². The first-order valence-corrected chi connectivity index (χ1v) is 16.5. The van der Waals surface area contributed by atoms with Crippen molar-refractivity contribution < 1.29 is 17.7 Å². The minimum atomic E-state index is -3.38. The highest BCUT2D eigenvalue weighted by atomic mass is 35.5. The van der Waals surface area contributed by atoms with E-state index in [-0.39, 0.29) is 12.2 Å². The van der Waals surface area contributed by atoms with E-state index in [1.807, 2.05) is 36.4 Å². The lowest BCUT2D eigenvalue weighted by atomic mass is 10.1. The lowest BCUT2D eigenvalue weighted by molar-refractivity contribution is 0.145. The summed E-state index contributed by atoms with van der Waals surface area (Å²) in [6.07, 6.45) is 3.76. The summed E-state index contributed by atoms with van der Waals surface area (Å²) >= 11 is 15.2. The van der Waals surface area contributed by atoms with Crippen molar-refractivity contribution in [3.8, 4) is 0 Å². The Hall–Kier alpha value is -1.73. The molecule has 6 rings (SSSR count). The summed E-state index contributed by atoms with van der Waals surface area (Å²) in [5.74, 6) is 0. The van der Waals surface area contributed by atoms with Crippen molar-refractivity contribution in [2.75, 3.05) is 42.2 Å². The zero-order valence-electron chi connectivity index (χ0n) is 20.7. The van der Waals surface area contributed by atoms with E-state index in [0.717, 1.165) is 81.0 Å². The van der Waals surface area contributed by atoms with E-state index in [2.05, 4.69) is 19.8 Å². The predicted octanol–water partition coefficient (Wildman–Crippen LogP) is 5.81. The molecule has 8 nitrogen and oxygen atoms in total. The van der Waals surface area contributed by atoms with Crippen LogP contribution in [0, 0.1) is 0 Å². The minimum absolute atomic E-state index is 0.143. The van der Waals surface area contributed by atoms with Gasteiger partial charge in [-0.05, 0) is 62.1 Å². The Morgan fingerprint density at radius 2 is 1.29 bits per heavy atom. The van der Waals surface area contributed by atoms with Crippen LogP contribution in [0.2, 0.25) is 10.0 Å². The molecule has 4 aromatic rings. The van der Waals surface area contributed by atoms with Crippen LogP contribution in [0.15, 0.2) is 36.4 Å². The van der Waals surface area contributed by atoms with Crippen LogP contribution < -0.4 is 9.80 Å². The van der Waals surface area contributed by atoms with Crippen molar-refractivity contribution in [1.29, 1.82) is 0 Å². The van der Waals surface area contributed by atoms with E-state index in [0.29, 0.717) is 17.9 Å². The average Bonchev–Trinajstić information content (AvgIpc) is 3.48. The van der Waals surface area contributed by atoms with Gasteiger partial charge in [0.05, 0.1) is 38.9 Å². The second kappa shape index (κ2) is 11.8. The van der Waals surface area contributed by atoms with Crippen molar-refractivity contribution in [1.82, 2.24) is 9.97 Å². The predicted molar refractivity (Wildman–Crippen MR) is 158 cm³/mol. The Labute approximate surface area is 239 Å². The molecule has 0 saturated carbocycles. The Kier molecular flexibility index (Phi) is 8.63. The molecule has 2 saturated heterocycles. The van der Waals surface area contributed by atoms with Crippen LogP contribution in [0.3, 0.4) is 0 Å². The summed E-state index contributed by atoms with van der Waals surface area (Å²) in [7, 11) is -3.38. The van der Waals surface area contributed by atoms with Gasteiger partial charge in [0.2, 0.25) is 0 Å². The van der Waals surface area contributed by atoms with Crippen LogP contribution in [0.4, 0.5) is 10.3 Å². The van der Waals surface area contributed by atoms with E-state index in [1.54, 1.807) is 22.7 Å². The molecule has 2 aliphatic rings. The molecular weight excluding hydrogens is 587 g/mol. The number of piperidine rings is 2. The average molecular weight is 616 g/mol. The molecule has 1 N–H and O–H groups in total. The maximum Gasteiger partial charge on any atom is 0.264 e. The number of thiazole rings is 2. The first-order valence-electron chi connectivity index (χ1n) is 12.3. The number of benzene rings is 2. The number of anilines is 2. The number of aromatic nitrogens is 2. The molecule has 2 aliphatic heterocycles. The molecular formula is C25H28Cl2N4O4S3. The molecule has 0 bridgehead atoms. The van der Waals surface area contributed by atoms with E-state index >= 15 is 0 Å². The smallest absolute Gasteiger partial charge is 0.264 e. The molecule has 2 fully saturated rings. The van der Waals surface area contributed by atoms with E-state index in [4.69, 9.17) is 27.4 Å². The summed E-state index contributed by atoms with van der Waals surface area (Å²) < 4.78 is 29.5. The minimum Gasteiger partial charge on any atom is -0.393 e. The van der Waals surface area contributed by atoms with Gasteiger partial charge < -0.3 is 14.9 Å². The SMILES string of the molecule is CS(=O)(=O)OC1CCN(c2nc3ccc(Cl)cc3s2)CC1.OC1CCN(c2nc3ccc(Cl)cc3s2)CC1. The number of halogens is 2. The first-order chi connectivity index (χ1) is 18.1. The third kappa shape index (κ3) is 7.07. The number of fused-ring (bicyclic) bond motifs is 2. The second-order valence-corrected chi connectivity index (χ2v) is 13.9. The fourth-order valence-corrected chi connectivity index (χ4v) is 7.76. The zero-order valence-corrected chi connectivity index (χ0v) is 24.7. The van der Waals surface area contributed by atoms with Crippen molar-refractivity contribution in [3.05, 3.63) is 46.4 Å². The highest BCUT2D eigenvalue weighted by Crippen LogP contribution is 2.33. The molecule has 13 heteroatoms. The third-order valence-corrected chi connectivity index (χ3v) is 9.69. The fourth-order valence-electron chi connectivity index (χ4n) is 4.49. The summed E-state index contributed by atoms with van der Waals surface area (Å²) in [5, 5.41) is 12.9. The summed E-state index contributed by atoms with van der Waals surface area (Å²) in [5.41, 5.74) is 1.94. The van der Waals surface area contributed by atoms with Gasteiger partial charge in [-0.3, -0.25) is 4.18 Å². The van der Waals surface area contributed by atoms with Gasteiger partial charge in [0.25, 0.3) is 10.1 Å². The van der Waals surface area contributed by atoms with Gasteiger partial charge in [0.1, 0.15) is 0 Å². The van der Waals surface area contributed by atoms with Crippen LogP contribution in [0.1, 0.15) is 25.7 Å². The van der Waals surface area contributed by atoms with Crippen molar-refractivity contribution in [3.63, 3.8) is 0 Å². The highest BCUT2D eigenvalue weighted by Gasteiger charge is 2.25. The van der Waals surface area contributed by atoms with Crippen LogP contribution in [-0.4, -0.2) is 68.1 Å². The number of aliphatic hydroxyl groups is 1. The summed E-state index contributed by atoms with van der Waals surface area (Å²) in [6.45, 7) is 3.25. The maximum absolute atomic E-state index is 11.1. The monoisotopic (exact) mass is 614 g/mol. The second-order valence-electron chi connectivity index (χ2n) is 9.42. The maximum atomic E-state index is 11.1. The number of hydrogen-bond acceptors (Lipinski definition) is 10. The Morgan fingerprint density at radius 3 is 1.74 bits per heavy atom. The van der Waals surface area contributed by atoms with Gasteiger partial charge in [0, 0.05) is 36.2 Å². The van der Waals surface area contributed by atoms with Crippen LogP contribution in [-0.2, 0) is 14.3 Å². The number of rotatable bonds is 4. The molecule has 0 unspecified atom stereocenters. The number of hydrogen-bond donors (Lipinski definition) is 1. The molecule has 4 heterocycles. The summed E-state index contributed by atoms with van der Waals surface area (Å²) in [6, 6.07) is 11.4. The Balaban J connectivity index is 0.000000158. The lowest BCUT2D eigenvalue weighted by Gasteiger charge is -2.30. The standard InChI is InChI=1S/C13H15ClN2O3S2.C12H13ClN2OS/c1-21(17,18)19-10-4-6-16(7-5-10)13-15-11-3-2-9(14)8-12(11)20-13;13-8-1-2-10-11(7-8)17-12(14-10)15-5-3-9(16)4-6-15/h2-3,8,10H,4-7H2,1H3;1-2,7,9,16H,3-6H2. The first kappa shape index (κ1) is 27.8. The molecule has 204 valence electrons. The Bertz CT molecular complexity index is 1510.